The number of aromatic nitrogens is 6. The van der Waals surface area contributed by atoms with Crippen molar-refractivity contribution in [3.8, 4) is 11.1 Å². The van der Waals surface area contributed by atoms with Crippen molar-refractivity contribution in [2.24, 2.45) is 16.2 Å². The summed E-state index contributed by atoms with van der Waals surface area (Å²) in [6.45, 7) is 22.5. The van der Waals surface area contributed by atoms with Crippen molar-refractivity contribution < 1.29 is 4.74 Å². The lowest BCUT2D eigenvalue weighted by Gasteiger charge is -2.69. The van der Waals surface area contributed by atoms with Gasteiger partial charge in [-0.15, -0.1) is 10.2 Å². The molecule has 2 unspecified atom stereocenters. The Morgan fingerprint density at radius 3 is 2.41 bits per heavy atom. The van der Waals surface area contributed by atoms with Gasteiger partial charge in [-0.3, -0.25) is 14.5 Å². The molecular formula is C46H60N10OS. The van der Waals surface area contributed by atoms with E-state index in [0.29, 0.717) is 16.9 Å². The third-order valence-corrected chi connectivity index (χ3v) is 15.4. The third kappa shape index (κ3) is 7.01. The topological polar surface area (TPSA) is 100 Å². The molecule has 4 saturated carbocycles. The Morgan fingerprint density at radius 2 is 1.67 bits per heavy atom. The van der Waals surface area contributed by atoms with Gasteiger partial charge in [-0.2, -0.15) is 5.10 Å². The molecule has 0 spiro atoms. The molecule has 1 aromatic carbocycles. The highest BCUT2D eigenvalue weighted by molar-refractivity contribution is 7.22. The number of ether oxygens (including phenoxy) is 1. The second-order valence-electron chi connectivity index (χ2n) is 19.7. The van der Waals surface area contributed by atoms with Crippen LogP contribution in [0.5, 0.6) is 0 Å². The van der Waals surface area contributed by atoms with E-state index in [2.05, 4.69) is 95.7 Å². The highest BCUT2D eigenvalue weighted by Crippen LogP contribution is 2.72. The van der Waals surface area contributed by atoms with E-state index < -0.39 is 0 Å². The van der Waals surface area contributed by atoms with Gasteiger partial charge in [0.15, 0.2) is 16.8 Å². The number of piperazine rings is 1. The van der Waals surface area contributed by atoms with Gasteiger partial charge in [0, 0.05) is 86.0 Å². The summed E-state index contributed by atoms with van der Waals surface area (Å²) in [4.78, 5) is 17.2. The molecule has 11 nitrogen and oxygen atoms in total. The second kappa shape index (κ2) is 14.3. The van der Waals surface area contributed by atoms with Crippen molar-refractivity contribution in [2.45, 2.75) is 111 Å². The number of nitrogens with zero attached hydrogens (tertiary/aromatic N) is 9. The largest absolute Gasteiger partial charge is 0.374 e. The highest BCUT2D eigenvalue weighted by atomic mass is 32.1. The lowest BCUT2D eigenvalue weighted by molar-refractivity contribution is -0.249. The predicted octanol–water partition coefficient (Wildman–Crippen LogP) is 8.95. The van der Waals surface area contributed by atoms with Crippen LogP contribution in [0.3, 0.4) is 0 Å². The molecule has 1 saturated heterocycles. The number of anilines is 4. The minimum Gasteiger partial charge on any atom is -0.374 e. The number of fused-ring (bicyclic) bond motifs is 2. The van der Waals surface area contributed by atoms with E-state index in [4.69, 9.17) is 24.9 Å². The lowest BCUT2D eigenvalue weighted by Crippen LogP contribution is -2.64. The van der Waals surface area contributed by atoms with E-state index in [-0.39, 0.29) is 11.0 Å². The first-order valence-electron chi connectivity index (χ1n) is 21.7. The van der Waals surface area contributed by atoms with Crippen LogP contribution in [0.25, 0.3) is 21.3 Å². The minimum absolute atomic E-state index is 0.0217. The van der Waals surface area contributed by atoms with Crippen LogP contribution < -0.4 is 10.2 Å². The first-order chi connectivity index (χ1) is 27.9. The Bertz CT molecular complexity index is 2260. The van der Waals surface area contributed by atoms with E-state index in [1.165, 1.54) is 56.5 Å². The molecule has 4 aromatic heterocycles. The second-order valence-corrected chi connectivity index (χ2v) is 20.8. The van der Waals surface area contributed by atoms with Gasteiger partial charge in [0.1, 0.15) is 5.82 Å². The maximum absolute atomic E-state index is 7.14. The van der Waals surface area contributed by atoms with Crippen LogP contribution >= 0.6 is 11.3 Å². The number of para-hydroxylation sites is 1. The Kier molecular flexibility index (Phi) is 9.46. The number of rotatable bonds is 11. The summed E-state index contributed by atoms with van der Waals surface area (Å²) in [5.41, 5.74) is 7.61. The van der Waals surface area contributed by atoms with Gasteiger partial charge >= 0.3 is 0 Å². The molecule has 4 bridgehead atoms. The lowest BCUT2D eigenvalue weighted by atomic mass is 9.39. The van der Waals surface area contributed by atoms with Gasteiger partial charge in [-0.1, -0.05) is 37.3 Å². The maximum atomic E-state index is 7.14. The quantitative estimate of drug-likeness (QED) is 0.139. The Hall–Kier alpha value is -3.97. The molecule has 5 fully saturated rings. The monoisotopic (exact) mass is 800 g/mol. The first kappa shape index (κ1) is 38.2. The molecular weight excluding hydrogens is 741 g/mol. The molecule has 306 valence electrons. The molecule has 11 rings (SSSR count). The molecule has 6 heterocycles. The van der Waals surface area contributed by atoms with Crippen LogP contribution in [-0.4, -0.2) is 97.3 Å². The van der Waals surface area contributed by atoms with Crippen LogP contribution in [0.15, 0.2) is 48.8 Å². The number of benzene rings is 1. The van der Waals surface area contributed by atoms with Crippen molar-refractivity contribution in [1.82, 2.24) is 39.7 Å². The van der Waals surface area contributed by atoms with Gasteiger partial charge in [0.2, 0.25) is 0 Å². The summed E-state index contributed by atoms with van der Waals surface area (Å²) >= 11 is 1.63. The Morgan fingerprint density at radius 1 is 0.879 bits per heavy atom. The first-order valence-corrected chi connectivity index (χ1v) is 22.6. The summed E-state index contributed by atoms with van der Waals surface area (Å²) in [7, 11) is 0. The molecule has 1 N–H and O–H groups in total. The Labute approximate surface area is 347 Å². The molecule has 5 aromatic rings. The third-order valence-electron chi connectivity index (χ3n) is 14.4. The SMILES string of the molecule is Cc1c(Nc2nc3ccccc3s2)nnc2c1CCCN2c1ccc(-c2cnn(CC34CC5(C)CC(C)(C3)CC(OCCN3CCN(C(C)C)CC3)(C5)C4)c2C)cn1. The molecule has 0 amide bonds. The number of pyridine rings is 1. The smallest absolute Gasteiger partial charge is 0.189 e. The van der Waals surface area contributed by atoms with Gasteiger partial charge in [-0.25, -0.2) is 9.97 Å². The molecule has 58 heavy (non-hydrogen) atoms. The molecule has 6 aliphatic rings. The zero-order valence-corrected chi connectivity index (χ0v) is 36.2. The van der Waals surface area contributed by atoms with Gasteiger partial charge in [-0.05, 0) is 120 Å². The van der Waals surface area contributed by atoms with Gasteiger partial charge < -0.3 is 15.0 Å². The highest BCUT2D eigenvalue weighted by Gasteiger charge is 2.66. The molecule has 2 aliphatic heterocycles. The van der Waals surface area contributed by atoms with Crippen molar-refractivity contribution in [3.63, 3.8) is 0 Å². The zero-order valence-electron chi connectivity index (χ0n) is 35.4. The average Bonchev–Trinajstić information content (AvgIpc) is 3.76. The van der Waals surface area contributed by atoms with E-state index in [0.717, 1.165) is 108 Å². The van der Waals surface area contributed by atoms with E-state index >= 15 is 0 Å². The van der Waals surface area contributed by atoms with Crippen molar-refractivity contribution >= 4 is 44.1 Å². The molecule has 12 heteroatoms. The van der Waals surface area contributed by atoms with Crippen LogP contribution in [-0.2, 0) is 17.7 Å². The van der Waals surface area contributed by atoms with Crippen LogP contribution in [0.2, 0.25) is 0 Å². The van der Waals surface area contributed by atoms with Crippen LogP contribution in [0.4, 0.5) is 22.6 Å². The summed E-state index contributed by atoms with van der Waals surface area (Å²) in [6, 6.07) is 13.2. The summed E-state index contributed by atoms with van der Waals surface area (Å²) in [5.74, 6) is 2.56. The average molecular weight is 801 g/mol. The van der Waals surface area contributed by atoms with Crippen LogP contribution in [0, 0.1) is 30.1 Å². The summed E-state index contributed by atoms with van der Waals surface area (Å²) in [6.07, 6.45) is 13.5. The number of hydrogen-bond acceptors (Lipinski definition) is 11. The van der Waals surface area contributed by atoms with Gasteiger partial charge in [0.05, 0.1) is 28.6 Å². The fourth-order valence-corrected chi connectivity index (χ4v) is 13.8. The van der Waals surface area contributed by atoms with E-state index in [9.17, 15) is 0 Å². The van der Waals surface area contributed by atoms with Crippen molar-refractivity contribution in [1.29, 1.82) is 0 Å². The van der Waals surface area contributed by atoms with Crippen molar-refractivity contribution in [3.05, 3.63) is 65.6 Å². The molecule has 4 aliphatic carbocycles. The fourth-order valence-electron chi connectivity index (χ4n) is 12.9. The Balaban J connectivity index is 0.830. The molecule has 0 radical (unpaired) electrons. The van der Waals surface area contributed by atoms with Crippen molar-refractivity contribution in [2.75, 3.05) is 56.1 Å². The number of thiazole rings is 1. The standard InChI is InChI=1S/C46H60N10OS/c1-31(2)54-18-16-53(17-19-54)20-21-57-46-27-43(5)24-44(6,28-46)26-45(25-43,29-46)30-56-33(4)36(23-48-56)34-13-14-39(47-22-34)55-15-9-10-35-32(3)40(51-52-41(35)55)50-42-49-37-11-7-8-12-38(37)58-42/h7-8,11-14,22-23,31H,9-10,15-21,24-30H2,1-6H3,(H,49,50,51). The minimum atomic E-state index is -0.0217. The maximum Gasteiger partial charge on any atom is 0.189 e. The fraction of sp³-hybridized carbons (Fsp3) is 0.587. The number of hydrogen-bond donors (Lipinski definition) is 1. The van der Waals surface area contributed by atoms with Gasteiger partial charge in [0.25, 0.3) is 0 Å². The van der Waals surface area contributed by atoms with Crippen LogP contribution in [0.1, 0.15) is 89.5 Å². The van der Waals surface area contributed by atoms with E-state index in [1.54, 1.807) is 11.3 Å². The number of nitrogens with one attached hydrogen (secondary N) is 1. The normalized spacial score (nSPS) is 28.5. The zero-order chi connectivity index (χ0) is 39.9. The summed E-state index contributed by atoms with van der Waals surface area (Å²) in [5, 5.41) is 18.8. The predicted molar refractivity (Wildman–Crippen MR) is 233 cm³/mol. The van der Waals surface area contributed by atoms with E-state index in [1.807, 2.05) is 24.4 Å². The summed E-state index contributed by atoms with van der Waals surface area (Å²) < 4.78 is 10.6. The molecule has 2 atom stereocenters.